The predicted molar refractivity (Wildman–Crippen MR) is 117 cm³/mol. The molecule has 0 spiro atoms. The molecular weight excluding hydrogens is 400 g/mol. The Morgan fingerprint density at radius 1 is 1.07 bits per heavy atom. The zero-order valence-corrected chi connectivity index (χ0v) is 17.7. The second-order valence-electron chi connectivity index (χ2n) is 7.28. The third kappa shape index (κ3) is 5.93. The van der Waals surface area contributed by atoms with Crippen LogP contribution < -0.4 is 5.32 Å². The molecule has 1 aromatic heterocycles. The SMILES string of the molecule is CC(C)Cn1c(Cc2ccccc2)nnc1SCC(=O)Nc1ccc(C(=O)O)cc1. The van der Waals surface area contributed by atoms with Crippen LogP contribution in [0.3, 0.4) is 0 Å². The zero-order valence-electron chi connectivity index (χ0n) is 16.9. The molecule has 0 saturated heterocycles. The van der Waals surface area contributed by atoms with E-state index in [0.29, 0.717) is 23.2 Å². The second-order valence-corrected chi connectivity index (χ2v) is 8.23. The maximum Gasteiger partial charge on any atom is 0.335 e. The molecule has 2 aromatic carbocycles. The summed E-state index contributed by atoms with van der Waals surface area (Å²) in [6, 6.07) is 16.2. The van der Waals surface area contributed by atoms with E-state index in [1.807, 2.05) is 18.2 Å². The third-order valence-corrected chi connectivity index (χ3v) is 5.26. The Labute approximate surface area is 179 Å². The summed E-state index contributed by atoms with van der Waals surface area (Å²) in [5.41, 5.74) is 1.89. The Balaban J connectivity index is 1.65. The molecule has 2 N–H and O–H groups in total. The summed E-state index contributed by atoms with van der Waals surface area (Å²) in [4.78, 5) is 23.2. The fraction of sp³-hybridized carbons (Fsp3) is 0.273. The molecule has 156 valence electrons. The van der Waals surface area contributed by atoms with Crippen molar-refractivity contribution in [2.24, 2.45) is 5.92 Å². The fourth-order valence-electron chi connectivity index (χ4n) is 2.91. The number of carboxylic acid groups (broad SMARTS) is 1. The van der Waals surface area contributed by atoms with Gasteiger partial charge in [0.2, 0.25) is 5.91 Å². The summed E-state index contributed by atoms with van der Waals surface area (Å²) in [6.45, 7) is 5.04. The van der Waals surface area contributed by atoms with Crippen molar-refractivity contribution >= 4 is 29.3 Å². The molecule has 1 heterocycles. The number of nitrogens with one attached hydrogen (secondary N) is 1. The molecule has 0 aliphatic carbocycles. The lowest BCUT2D eigenvalue weighted by Gasteiger charge is -2.12. The quantitative estimate of drug-likeness (QED) is 0.505. The van der Waals surface area contributed by atoms with Gasteiger partial charge in [-0.3, -0.25) is 4.79 Å². The van der Waals surface area contributed by atoms with Crippen molar-refractivity contribution < 1.29 is 14.7 Å². The van der Waals surface area contributed by atoms with Crippen LogP contribution in [-0.2, 0) is 17.8 Å². The number of carbonyl (C=O) groups excluding carboxylic acids is 1. The van der Waals surface area contributed by atoms with Crippen LogP contribution in [0.1, 0.15) is 35.6 Å². The summed E-state index contributed by atoms with van der Waals surface area (Å²) in [7, 11) is 0. The highest BCUT2D eigenvalue weighted by Crippen LogP contribution is 2.21. The first kappa shape index (κ1) is 21.6. The van der Waals surface area contributed by atoms with Crippen LogP contribution in [0.25, 0.3) is 0 Å². The lowest BCUT2D eigenvalue weighted by atomic mass is 10.1. The molecule has 0 fully saturated rings. The second kappa shape index (κ2) is 10.1. The van der Waals surface area contributed by atoms with Gasteiger partial charge in [-0.25, -0.2) is 4.79 Å². The largest absolute Gasteiger partial charge is 0.478 e. The summed E-state index contributed by atoms with van der Waals surface area (Å²) < 4.78 is 2.08. The Kier molecular flexibility index (Phi) is 7.24. The number of hydrogen-bond donors (Lipinski definition) is 2. The molecule has 8 heteroatoms. The summed E-state index contributed by atoms with van der Waals surface area (Å²) in [5.74, 6) is 0.284. The van der Waals surface area contributed by atoms with Crippen LogP contribution in [0.5, 0.6) is 0 Å². The smallest absolute Gasteiger partial charge is 0.335 e. The first-order valence-corrected chi connectivity index (χ1v) is 10.6. The molecule has 1 amide bonds. The first-order valence-electron chi connectivity index (χ1n) is 9.64. The molecule has 0 saturated carbocycles. The molecule has 0 aliphatic heterocycles. The monoisotopic (exact) mass is 424 g/mol. The van der Waals surface area contributed by atoms with Gasteiger partial charge in [-0.1, -0.05) is 55.9 Å². The van der Waals surface area contributed by atoms with Crippen LogP contribution in [0, 0.1) is 5.92 Å². The van der Waals surface area contributed by atoms with Gasteiger partial charge >= 0.3 is 5.97 Å². The fourth-order valence-corrected chi connectivity index (χ4v) is 3.67. The standard InChI is InChI=1S/C22H24N4O3S/c1-15(2)13-26-19(12-16-6-4-3-5-7-16)24-25-22(26)30-14-20(27)23-18-10-8-17(9-11-18)21(28)29/h3-11,15H,12-14H2,1-2H3,(H,23,27)(H,28,29). The number of aromatic carboxylic acids is 1. The van der Waals surface area contributed by atoms with E-state index in [-0.39, 0.29) is 17.2 Å². The number of nitrogens with zero attached hydrogens (tertiary/aromatic N) is 3. The van der Waals surface area contributed by atoms with E-state index in [2.05, 4.69) is 46.1 Å². The molecule has 0 atom stereocenters. The lowest BCUT2D eigenvalue weighted by Crippen LogP contribution is -2.15. The van der Waals surface area contributed by atoms with Gasteiger partial charge in [0.25, 0.3) is 0 Å². The van der Waals surface area contributed by atoms with Crippen molar-refractivity contribution in [3.05, 3.63) is 71.5 Å². The Morgan fingerprint density at radius 3 is 2.40 bits per heavy atom. The van der Waals surface area contributed by atoms with Gasteiger partial charge in [0.1, 0.15) is 5.82 Å². The number of carbonyl (C=O) groups is 2. The van der Waals surface area contributed by atoms with Crippen LogP contribution in [0.15, 0.2) is 59.8 Å². The summed E-state index contributed by atoms with van der Waals surface area (Å²) >= 11 is 1.34. The van der Waals surface area contributed by atoms with Crippen LogP contribution in [-0.4, -0.2) is 37.5 Å². The van der Waals surface area contributed by atoms with Gasteiger partial charge in [-0.05, 0) is 35.7 Å². The van der Waals surface area contributed by atoms with Crippen molar-refractivity contribution in [1.82, 2.24) is 14.8 Å². The number of thioether (sulfide) groups is 1. The van der Waals surface area contributed by atoms with E-state index in [1.54, 1.807) is 12.1 Å². The molecule has 0 radical (unpaired) electrons. The number of benzene rings is 2. The van der Waals surface area contributed by atoms with Crippen molar-refractivity contribution in [2.75, 3.05) is 11.1 Å². The third-order valence-electron chi connectivity index (χ3n) is 4.29. The number of carboxylic acids is 1. The topological polar surface area (TPSA) is 97.1 Å². The maximum atomic E-state index is 12.3. The molecule has 0 aliphatic rings. The Morgan fingerprint density at radius 2 is 1.77 bits per heavy atom. The van der Waals surface area contributed by atoms with Gasteiger partial charge in [0, 0.05) is 18.7 Å². The van der Waals surface area contributed by atoms with Gasteiger partial charge in [0.05, 0.1) is 11.3 Å². The number of anilines is 1. The highest BCUT2D eigenvalue weighted by atomic mass is 32.2. The van der Waals surface area contributed by atoms with E-state index in [9.17, 15) is 9.59 Å². The number of hydrogen-bond acceptors (Lipinski definition) is 5. The first-order chi connectivity index (χ1) is 14.4. The minimum atomic E-state index is -1.00. The van der Waals surface area contributed by atoms with Gasteiger partial charge in [-0.2, -0.15) is 0 Å². The molecule has 3 aromatic rings. The van der Waals surface area contributed by atoms with Crippen molar-refractivity contribution in [1.29, 1.82) is 0 Å². The normalized spacial score (nSPS) is 10.9. The average molecular weight is 425 g/mol. The molecule has 0 bridgehead atoms. The molecule has 0 unspecified atom stereocenters. The van der Waals surface area contributed by atoms with Crippen molar-refractivity contribution in [2.45, 2.75) is 32.0 Å². The van der Waals surface area contributed by atoms with E-state index in [0.717, 1.165) is 17.9 Å². The molecule has 7 nitrogen and oxygen atoms in total. The summed E-state index contributed by atoms with van der Waals surface area (Å²) in [6.07, 6.45) is 0.684. The van der Waals surface area contributed by atoms with Gasteiger partial charge in [-0.15, -0.1) is 10.2 Å². The van der Waals surface area contributed by atoms with E-state index < -0.39 is 5.97 Å². The van der Waals surface area contributed by atoms with Crippen LogP contribution in [0.2, 0.25) is 0 Å². The highest BCUT2D eigenvalue weighted by molar-refractivity contribution is 7.99. The Bertz CT molecular complexity index is 1000. The lowest BCUT2D eigenvalue weighted by molar-refractivity contribution is -0.113. The maximum absolute atomic E-state index is 12.3. The number of amides is 1. The Hall–Kier alpha value is -3.13. The molecule has 3 rings (SSSR count). The van der Waals surface area contributed by atoms with Gasteiger partial charge < -0.3 is 15.0 Å². The molecule has 30 heavy (non-hydrogen) atoms. The van der Waals surface area contributed by atoms with E-state index >= 15 is 0 Å². The number of rotatable bonds is 9. The van der Waals surface area contributed by atoms with Crippen LogP contribution >= 0.6 is 11.8 Å². The van der Waals surface area contributed by atoms with Crippen molar-refractivity contribution in [3.8, 4) is 0 Å². The average Bonchev–Trinajstić information content (AvgIpc) is 3.08. The van der Waals surface area contributed by atoms with Gasteiger partial charge in [0.15, 0.2) is 5.16 Å². The summed E-state index contributed by atoms with van der Waals surface area (Å²) in [5, 5.41) is 21.1. The van der Waals surface area contributed by atoms with E-state index in [4.69, 9.17) is 5.11 Å². The minimum Gasteiger partial charge on any atom is -0.478 e. The zero-order chi connectivity index (χ0) is 21.5. The minimum absolute atomic E-state index is 0.176. The van der Waals surface area contributed by atoms with Crippen molar-refractivity contribution in [3.63, 3.8) is 0 Å². The highest BCUT2D eigenvalue weighted by Gasteiger charge is 2.16. The molecular formula is C22H24N4O3S. The predicted octanol–water partition coefficient (Wildman–Crippen LogP) is 3.95. The van der Waals surface area contributed by atoms with Crippen LogP contribution in [0.4, 0.5) is 5.69 Å². The van der Waals surface area contributed by atoms with E-state index in [1.165, 1.54) is 23.9 Å². The number of aromatic nitrogens is 3.